The molecule has 0 radical (unpaired) electrons. The summed E-state index contributed by atoms with van der Waals surface area (Å²) in [6, 6.07) is 18.8. The summed E-state index contributed by atoms with van der Waals surface area (Å²) >= 11 is 0. The molecule has 4 aromatic rings. The molecule has 1 aromatic heterocycles. The van der Waals surface area contributed by atoms with Gasteiger partial charge in [-0.25, -0.2) is 0 Å². The number of H-pyrrole nitrogens is 1. The lowest BCUT2D eigenvalue weighted by Crippen LogP contribution is -2.53. The zero-order chi connectivity index (χ0) is 31.1. The first-order valence-electron chi connectivity index (χ1n) is 14.2. The van der Waals surface area contributed by atoms with E-state index in [1.54, 1.807) is 52.0 Å². The summed E-state index contributed by atoms with van der Waals surface area (Å²) in [5.74, 6) is -3.30. The van der Waals surface area contributed by atoms with Crippen LogP contribution in [0.1, 0.15) is 56.5 Å². The van der Waals surface area contributed by atoms with Gasteiger partial charge in [0, 0.05) is 41.6 Å². The normalized spacial score (nSPS) is 12.7. The molecule has 0 saturated carbocycles. The van der Waals surface area contributed by atoms with Crippen LogP contribution in [-0.2, 0) is 25.7 Å². The molecule has 224 valence electrons. The van der Waals surface area contributed by atoms with Crippen molar-refractivity contribution in [3.05, 3.63) is 84.1 Å². The van der Waals surface area contributed by atoms with E-state index in [1.165, 1.54) is 6.20 Å². The van der Waals surface area contributed by atoms with E-state index in [9.17, 15) is 24.0 Å². The van der Waals surface area contributed by atoms with Gasteiger partial charge in [-0.05, 0) is 50.1 Å². The van der Waals surface area contributed by atoms with Gasteiger partial charge in [0.1, 0.15) is 6.04 Å². The van der Waals surface area contributed by atoms with Crippen molar-refractivity contribution in [1.82, 2.24) is 26.3 Å². The highest BCUT2D eigenvalue weighted by Crippen LogP contribution is 2.19. The SMILES string of the molecule is C[C@@H](CC(=O)NCc1cccc2ccccc12)NC(=O)[C@H](CC(=O)NC(C)(C)C)NC(=O)C(=O)c1c[nH]c2ccccc12. The van der Waals surface area contributed by atoms with Crippen molar-refractivity contribution in [1.29, 1.82) is 0 Å². The second kappa shape index (κ2) is 13.3. The quantitative estimate of drug-likeness (QED) is 0.135. The lowest BCUT2D eigenvalue weighted by molar-refractivity contribution is -0.132. The van der Waals surface area contributed by atoms with Gasteiger partial charge in [-0.1, -0.05) is 60.7 Å². The number of carbonyl (C=O) groups is 5. The predicted octanol–water partition coefficient (Wildman–Crippen LogP) is 3.50. The van der Waals surface area contributed by atoms with Crippen LogP contribution in [0.2, 0.25) is 0 Å². The van der Waals surface area contributed by atoms with Gasteiger partial charge in [-0.15, -0.1) is 0 Å². The third kappa shape index (κ3) is 8.28. The van der Waals surface area contributed by atoms with E-state index in [1.807, 2.05) is 42.5 Å². The number of carbonyl (C=O) groups excluding carboxylic acids is 5. The highest BCUT2D eigenvalue weighted by Gasteiger charge is 2.30. The number of nitrogens with one attached hydrogen (secondary N) is 5. The summed E-state index contributed by atoms with van der Waals surface area (Å²) in [6.45, 7) is 7.34. The molecule has 0 spiro atoms. The topological polar surface area (TPSA) is 149 Å². The van der Waals surface area contributed by atoms with Crippen molar-refractivity contribution in [2.24, 2.45) is 0 Å². The van der Waals surface area contributed by atoms with Crippen LogP contribution in [0, 0.1) is 0 Å². The Balaban J connectivity index is 1.39. The van der Waals surface area contributed by atoms with Gasteiger partial charge in [0.05, 0.1) is 12.0 Å². The Hall–Kier alpha value is -4.99. The standard InChI is InChI=1S/C33H37N5O5/c1-20(16-28(39)35-18-22-12-9-11-21-10-5-6-13-23(21)22)36-31(42)27(17-29(40)38-33(2,3)4)37-32(43)30(41)25-19-34-26-15-8-7-14-24(25)26/h5-15,19-20,27,34H,16-18H2,1-4H3,(H,35,39)(H,36,42)(H,37,43)(H,38,40)/t20-,27-/m0/s1. The average Bonchev–Trinajstić information content (AvgIpc) is 3.38. The number of rotatable bonds is 11. The van der Waals surface area contributed by atoms with E-state index in [0.29, 0.717) is 17.4 Å². The third-order valence-corrected chi connectivity index (χ3v) is 6.80. The second-order valence-corrected chi connectivity index (χ2v) is 11.6. The summed E-state index contributed by atoms with van der Waals surface area (Å²) in [6.07, 6.45) is 1.02. The molecule has 0 bridgehead atoms. The highest BCUT2D eigenvalue weighted by atomic mass is 16.2. The molecule has 2 atom stereocenters. The van der Waals surface area contributed by atoms with Crippen molar-refractivity contribution in [3.63, 3.8) is 0 Å². The summed E-state index contributed by atoms with van der Waals surface area (Å²) in [5.41, 5.74) is 1.24. The maximum absolute atomic E-state index is 13.3. The average molecular weight is 584 g/mol. The number of hydrogen-bond acceptors (Lipinski definition) is 5. The summed E-state index contributed by atoms with van der Waals surface area (Å²) in [7, 11) is 0. The molecule has 3 aromatic carbocycles. The van der Waals surface area contributed by atoms with Gasteiger partial charge < -0.3 is 26.3 Å². The highest BCUT2D eigenvalue weighted by molar-refractivity contribution is 6.45. The Labute approximate surface area is 250 Å². The lowest BCUT2D eigenvalue weighted by Gasteiger charge is -2.24. The van der Waals surface area contributed by atoms with Gasteiger partial charge in [0.2, 0.25) is 17.7 Å². The Kier molecular flexibility index (Phi) is 9.59. The second-order valence-electron chi connectivity index (χ2n) is 11.6. The smallest absolute Gasteiger partial charge is 0.293 e. The Morgan fingerprint density at radius 1 is 0.791 bits per heavy atom. The molecule has 4 amide bonds. The molecule has 0 fully saturated rings. The van der Waals surface area contributed by atoms with Crippen LogP contribution in [0.25, 0.3) is 21.7 Å². The van der Waals surface area contributed by atoms with Crippen molar-refractivity contribution >= 4 is 51.1 Å². The third-order valence-electron chi connectivity index (χ3n) is 6.80. The molecular formula is C33H37N5O5. The van der Waals surface area contributed by atoms with Crippen LogP contribution >= 0.6 is 0 Å². The van der Waals surface area contributed by atoms with Gasteiger partial charge in [0.15, 0.2) is 0 Å². The maximum atomic E-state index is 13.3. The fourth-order valence-corrected chi connectivity index (χ4v) is 4.85. The summed E-state index contributed by atoms with van der Waals surface area (Å²) < 4.78 is 0. The Morgan fingerprint density at radius 3 is 2.21 bits per heavy atom. The minimum atomic E-state index is -1.34. The predicted molar refractivity (Wildman–Crippen MR) is 165 cm³/mol. The zero-order valence-electron chi connectivity index (χ0n) is 24.7. The molecule has 4 rings (SSSR count). The van der Waals surface area contributed by atoms with Crippen LogP contribution in [0.3, 0.4) is 0 Å². The van der Waals surface area contributed by atoms with E-state index in [4.69, 9.17) is 0 Å². The number of fused-ring (bicyclic) bond motifs is 2. The number of aromatic nitrogens is 1. The van der Waals surface area contributed by atoms with Crippen LogP contribution in [-0.4, -0.2) is 52.0 Å². The molecule has 0 aliphatic carbocycles. The maximum Gasteiger partial charge on any atom is 0.293 e. The van der Waals surface area contributed by atoms with Crippen molar-refractivity contribution in [3.8, 4) is 0 Å². The molecular weight excluding hydrogens is 546 g/mol. The number of Topliss-reactive ketones (excluding diaryl/α,β-unsaturated/α-hetero) is 1. The van der Waals surface area contributed by atoms with Crippen LogP contribution in [0.15, 0.2) is 72.9 Å². The lowest BCUT2D eigenvalue weighted by atomic mass is 10.0. The molecule has 10 nitrogen and oxygen atoms in total. The molecule has 0 saturated heterocycles. The molecule has 1 heterocycles. The number of amides is 4. The molecule has 0 aliphatic heterocycles. The first kappa shape index (κ1) is 31.0. The van der Waals surface area contributed by atoms with Gasteiger partial charge in [-0.3, -0.25) is 24.0 Å². The van der Waals surface area contributed by atoms with Crippen LogP contribution < -0.4 is 21.3 Å². The van der Waals surface area contributed by atoms with Crippen molar-refractivity contribution in [2.75, 3.05) is 0 Å². The van der Waals surface area contributed by atoms with E-state index >= 15 is 0 Å². The van der Waals surface area contributed by atoms with E-state index in [0.717, 1.165) is 16.3 Å². The van der Waals surface area contributed by atoms with Crippen molar-refractivity contribution < 1.29 is 24.0 Å². The summed E-state index contributed by atoms with van der Waals surface area (Å²) in [4.78, 5) is 67.6. The minimum absolute atomic E-state index is 0.0281. The number of hydrogen-bond donors (Lipinski definition) is 5. The van der Waals surface area contributed by atoms with Crippen LogP contribution in [0.4, 0.5) is 0 Å². The molecule has 0 unspecified atom stereocenters. The number of para-hydroxylation sites is 1. The zero-order valence-corrected chi connectivity index (χ0v) is 24.7. The first-order valence-corrected chi connectivity index (χ1v) is 14.2. The summed E-state index contributed by atoms with van der Waals surface area (Å²) in [5, 5.41) is 13.5. The van der Waals surface area contributed by atoms with E-state index in [-0.39, 0.29) is 17.9 Å². The van der Waals surface area contributed by atoms with E-state index in [2.05, 4.69) is 26.3 Å². The van der Waals surface area contributed by atoms with Gasteiger partial charge in [-0.2, -0.15) is 0 Å². The molecule has 10 heteroatoms. The number of benzene rings is 3. The molecule has 5 N–H and O–H groups in total. The monoisotopic (exact) mass is 583 g/mol. The van der Waals surface area contributed by atoms with Crippen LogP contribution in [0.5, 0.6) is 0 Å². The Morgan fingerprint density at radius 2 is 1.47 bits per heavy atom. The first-order chi connectivity index (χ1) is 20.4. The number of ketones is 1. The fourth-order valence-electron chi connectivity index (χ4n) is 4.85. The van der Waals surface area contributed by atoms with Gasteiger partial charge >= 0.3 is 0 Å². The largest absolute Gasteiger partial charge is 0.360 e. The minimum Gasteiger partial charge on any atom is -0.360 e. The Bertz CT molecular complexity index is 1660. The van der Waals surface area contributed by atoms with Crippen molar-refractivity contribution in [2.45, 2.75) is 64.7 Å². The molecule has 43 heavy (non-hydrogen) atoms. The fraction of sp³-hybridized carbons (Fsp3) is 0.303. The van der Waals surface area contributed by atoms with E-state index < -0.39 is 47.5 Å². The van der Waals surface area contributed by atoms with Gasteiger partial charge in [0.25, 0.3) is 11.7 Å². The number of aromatic amines is 1. The molecule has 0 aliphatic rings.